The van der Waals surface area contributed by atoms with Crippen LogP contribution in [0, 0.1) is 11.6 Å². The lowest BCUT2D eigenvalue weighted by Gasteiger charge is -2.24. The molecule has 0 bridgehead atoms. The highest BCUT2D eigenvalue weighted by atomic mass is 19.2. The van der Waals surface area contributed by atoms with E-state index in [0.29, 0.717) is 17.5 Å². The molecule has 0 amide bonds. The highest BCUT2D eigenvalue weighted by molar-refractivity contribution is 5.92. The second kappa shape index (κ2) is 4.46. The Bertz CT molecular complexity index is 652. The second-order valence-electron chi connectivity index (χ2n) is 4.43. The maximum Gasteiger partial charge on any atom is 0.339 e. The minimum Gasteiger partial charge on any atom is -0.454 e. The number of benzene rings is 2. The normalized spacial score (nSPS) is 17.8. The number of halogens is 2. The lowest BCUT2D eigenvalue weighted by molar-refractivity contribution is 0.0252. The number of ether oxygens (including phenoxy) is 1. The molecule has 2 nitrogen and oxygen atoms in total. The number of esters is 1. The molecule has 2 aromatic rings. The summed E-state index contributed by atoms with van der Waals surface area (Å²) in [6, 6.07) is 10.7. The van der Waals surface area contributed by atoms with Crippen molar-refractivity contribution in [3.8, 4) is 0 Å². The van der Waals surface area contributed by atoms with Gasteiger partial charge in [-0.25, -0.2) is 13.6 Å². The number of hydrogen-bond acceptors (Lipinski definition) is 2. The minimum atomic E-state index is -0.938. The van der Waals surface area contributed by atoms with Gasteiger partial charge < -0.3 is 4.74 Å². The molecule has 1 aliphatic rings. The SMILES string of the molecule is O=C1OC(c2ccc(F)c(F)c2)Cc2ccccc21. The smallest absolute Gasteiger partial charge is 0.339 e. The van der Waals surface area contributed by atoms with Crippen molar-refractivity contribution in [3.63, 3.8) is 0 Å². The molecule has 2 aromatic carbocycles. The summed E-state index contributed by atoms with van der Waals surface area (Å²) in [5, 5.41) is 0. The molecule has 0 saturated carbocycles. The van der Waals surface area contributed by atoms with Crippen LogP contribution in [0.4, 0.5) is 8.78 Å². The fourth-order valence-electron chi connectivity index (χ4n) is 2.23. The van der Waals surface area contributed by atoms with Gasteiger partial charge in [-0.3, -0.25) is 0 Å². The van der Waals surface area contributed by atoms with Gasteiger partial charge in [0.25, 0.3) is 0 Å². The molecule has 1 aliphatic heterocycles. The number of carbonyl (C=O) groups is 1. The standard InChI is InChI=1S/C15H10F2O2/c16-12-6-5-10(7-13(12)17)14-8-9-3-1-2-4-11(9)15(18)19-14/h1-7,14H,8H2. The largest absolute Gasteiger partial charge is 0.454 e. The maximum atomic E-state index is 13.2. The molecule has 0 radical (unpaired) electrons. The Balaban J connectivity index is 1.96. The average Bonchev–Trinajstić information content (AvgIpc) is 2.42. The van der Waals surface area contributed by atoms with E-state index in [1.807, 2.05) is 12.1 Å². The van der Waals surface area contributed by atoms with Gasteiger partial charge in [0.05, 0.1) is 5.56 Å². The van der Waals surface area contributed by atoms with Crippen LogP contribution in [0.5, 0.6) is 0 Å². The Hall–Kier alpha value is -2.23. The monoisotopic (exact) mass is 260 g/mol. The van der Waals surface area contributed by atoms with Crippen LogP contribution >= 0.6 is 0 Å². The van der Waals surface area contributed by atoms with E-state index in [2.05, 4.69) is 0 Å². The van der Waals surface area contributed by atoms with Crippen molar-refractivity contribution in [2.75, 3.05) is 0 Å². The third-order valence-electron chi connectivity index (χ3n) is 3.21. The molecule has 19 heavy (non-hydrogen) atoms. The van der Waals surface area contributed by atoms with E-state index in [9.17, 15) is 13.6 Å². The van der Waals surface area contributed by atoms with E-state index in [-0.39, 0.29) is 0 Å². The van der Waals surface area contributed by atoms with Gasteiger partial charge in [-0.15, -0.1) is 0 Å². The minimum absolute atomic E-state index is 0.434. The summed E-state index contributed by atoms with van der Waals surface area (Å²) in [7, 11) is 0. The van der Waals surface area contributed by atoms with Crippen LogP contribution < -0.4 is 0 Å². The van der Waals surface area contributed by atoms with Gasteiger partial charge in [0.1, 0.15) is 6.10 Å². The molecule has 0 N–H and O–H groups in total. The zero-order valence-corrected chi connectivity index (χ0v) is 9.90. The molecule has 1 atom stereocenters. The number of cyclic esters (lactones) is 1. The molecule has 0 spiro atoms. The van der Waals surface area contributed by atoms with Gasteiger partial charge in [0.2, 0.25) is 0 Å². The molecule has 4 heteroatoms. The van der Waals surface area contributed by atoms with Crippen molar-refractivity contribution < 1.29 is 18.3 Å². The predicted octanol–water partition coefficient (Wildman–Crippen LogP) is 3.42. The van der Waals surface area contributed by atoms with Crippen LogP contribution in [0.3, 0.4) is 0 Å². The fourth-order valence-corrected chi connectivity index (χ4v) is 2.23. The van der Waals surface area contributed by atoms with Crippen LogP contribution in [0.1, 0.15) is 27.6 Å². The molecule has 3 rings (SSSR count). The fraction of sp³-hybridized carbons (Fsp3) is 0.133. The Morgan fingerprint density at radius 3 is 2.63 bits per heavy atom. The molecule has 1 heterocycles. The van der Waals surface area contributed by atoms with E-state index < -0.39 is 23.7 Å². The maximum absolute atomic E-state index is 13.2. The van der Waals surface area contributed by atoms with Gasteiger partial charge >= 0.3 is 5.97 Å². The van der Waals surface area contributed by atoms with E-state index in [1.54, 1.807) is 12.1 Å². The van der Waals surface area contributed by atoms with Crippen LogP contribution in [0.15, 0.2) is 42.5 Å². The summed E-state index contributed by atoms with van der Waals surface area (Å²) in [5.41, 5.74) is 1.84. The lowest BCUT2D eigenvalue weighted by Crippen LogP contribution is -2.21. The van der Waals surface area contributed by atoms with Crippen LogP contribution in [-0.4, -0.2) is 5.97 Å². The van der Waals surface area contributed by atoms with E-state index >= 15 is 0 Å². The van der Waals surface area contributed by atoms with Crippen molar-refractivity contribution in [2.24, 2.45) is 0 Å². The molecular weight excluding hydrogens is 250 g/mol. The third kappa shape index (κ3) is 2.10. The summed E-state index contributed by atoms with van der Waals surface area (Å²) in [5.74, 6) is -2.28. The van der Waals surface area contributed by atoms with Crippen LogP contribution in [-0.2, 0) is 11.2 Å². The first-order chi connectivity index (χ1) is 9.15. The third-order valence-corrected chi connectivity index (χ3v) is 3.21. The summed E-state index contributed by atoms with van der Waals surface area (Å²) in [6.45, 7) is 0. The first-order valence-electron chi connectivity index (χ1n) is 5.89. The first kappa shape index (κ1) is 11.8. The zero-order valence-electron chi connectivity index (χ0n) is 9.90. The Kier molecular flexibility index (Phi) is 2.78. The Labute approximate surface area is 108 Å². The number of fused-ring (bicyclic) bond motifs is 1. The topological polar surface area (TPSA) is 26.3 Å². The van der Waals surface area contributed by atoms with Crippen molar-refractivity contribution in [1.82, 2.24) is 0 Å². The summed E-state index contributed by atoms with van der Waals surface area (Å²) >= 11 is 0. The van der Waals surface area contributed by atoms with Gasteiger partial charge in [-0.05, 0) is 29.3 Å². The quantitative estimate of drug-likeness (QED) is 0.734. The van der Waals surface area contributed by atoms with Gasteiger partial charge in [0.15, 0.2) is 11.6 Å². The Morgan fingerprint density at radius 1 is 1.05 bits per heavy atom. The molecule has 0 aliphatic carbocycles. The van der Waals surface area contributed by atoms with Crippen molar-refractivity contribution >= 4 is 5.97 Å². The van der Waals surface area contributed by atoms with E-state index in [0.717, 1.165) is 17.7 Å². The van der Waals surface area contributed by atoms with Gasteiger partial charge in [0, 0.05) is 6.42 Å². The first-order valence-corrected chi connectivity index (χ1v) is 5.89. The van der Waals surface area contributed by atoms with Crippen LogP contribution in [0.25, 0.3) is 0 Å². The molecule has 0 fully saturated rings. The lowest BCUT2D eigenvalue weighted by atomic mass is 9.95. The molecule has 0 saturated heterocycles. The zero-order chi connectivity index (χ0) is 13.4. The Morgan fingerprint density at radius 2 is 1.84 bits per heavy atom. The molecule has 0 aromatic heterocycles. The highest BCUT2D eigenvalue weighted by Gasteiger charge is 2.27. The van der Waals surface area contributed by atoms with E-state index in [1.165, 1.54) is 6.07 Å². The summed E-state index contributed by atoms with van der Waals surface area (Å²) in [6.07, 6.45) is -0.106. The summed E-state index contributed by atoms with van der Waals surface area (Å²) in [4.78, 5) is 11.8. The highest BCUT2D eigenvalue weighted by Crippen LogP contribution is 2.30. The van der Waals surface area contributed by atoms with Gasteiger partial charge in [-0.1, -0.05) is 24.3 Å². The second-order valence-corrected chi connectivity index (χ2v) is 4.43. The summed E-state index contributed by atoms with van der Waals surface area (Å²) < 4.78 is 31.4. The molecule has 1 unspecified atom stereocenters. The van der Waals surface area contributed by atoms with Crippen molar-refractivity contribution in [2.45, 2.75) is 12.5 Å². The number of rotatable bonds is 1. The predicted molar refractivity (Wildman–Crippen MR) is 64.7 cm³/mol. The van der Waals surface area contributed by atoms with Crippen molar-refractivity contribution in [3.05, 3.63) is 70.8 Å². The number of hydrogen-bond donors (Lipinski definition) is 0. The molecular formula is C15H10F2O2. The van der Waals surface area contributed by atoms with Crippen molar-refractivity contribution in [1.29, 1.82) is 0 Å². The average molecular weight is 260 g/mol. The molecule has 96 valence electrons. The number of carbonyl (C=O) groups excluding carboxylic acids is 1. The van der Waals surface area contributed by atoms with E-state index in [4.69, 9.17) is 4.74 Å². The van der Waals surface area contributed by atoms with Gasteiger partial charge in [-0.2, -0.15) is 0 Å². The van der Waals surface area contributed by atoms with Crippen LogP contribution in [0.2, 0.25) is 0 Å².